The Balaban J connectivity index is 1.65. The number of aliphatic hydroxyl groups is 1. The topological polar surface area (TPSA) is 95.5 Å². The number of amides is 1. The summed E-state index contributed by atoms with van der Waals surface area (Å²) in [6.07, 6.45) is 1.86. The summed E-state index contributed by atoms with van der Waals surface area (Å²) in [5.41, 5.74) is -0.724. The predicted octanol–water partition coefficient (Wildman–Crippen LogP) is 1.08. The summed E-state index contributed by atoms with van der Waals surface area (Å²) in [6.45, 7) is 0.442. The largest absolute Gasteiger partial charge is 0.488 e. The van der Waals surface area contributed by atoms with Gasteiger partial charge in [-0.2, -0.15) is 0 Å². The van der Waals surface area contributed by atoms with Gasteiger partial charge in [0.05, 0.1) is 6.54 Å². The lowest BCUT2D eigenvalue weighted by Gasteiger charge is -2.35. The minimum absolute atomic E-state index is 0.0765. The molecule has 1 fully saturated rings. The highest BCUT2D eigenvalue weighted by atomic mass is 35.5. The zero-order valence-electron chi connectivity index (χ0n) is 12.7. The van der Waals surface area contributed by atoms with Gasteiger partial charge in [0.1, 0.15) is 18.0 Å². The van der Waals surface area contributed by atoms with E-state index >= 15 is 0 Å². The van der Waals surface area contributed by atoms with Crippen molar-refractivity contribution in [2.45, 2.75) is 18.6 Å². The molecule has 0 saturated carbocycles. The third-order valence-electron chi connectivity index (χ3n) is 3.82. The number of piperidine rings is 1. The number of hydrogen-bond donors (Lipinski definition) is 2. The molecule has 0 unspecified atom stereocenters. The van der Waals surface area contributed by atoms with E-state index in [1.807, 2.05) is 0 Å². The van der Waals surface area contributed by atoms with E-state index in [-0.39, 0.29) is 12.2 Å². The van der Waals surface area contributed by atoms with Crippen LogP contribution in [-0.4, -0.2) is 51.2 Å². The van der Waals surface area contributed by atoms with Gasteiger partial charge in [-0.15, -0.1) is 0 Å². The van der Waals surface area contributed by atoms with Gasteiger partial charge in [-0.3, -0.25) is 9.59 Å². The van der Waals surface area contributed by atoms with Crippen LogP contribution in [0.2, 0.25) is 5.02 Å². The highest BCUT2D eigenvalue weighted by Gasteiger charge is 2.33. The van der Waals surface area contributed by atoms with Gasteiger partial charge in [0, 0.05) is 30.4 Å². The Hall–Kier alpha value is -2.38. The molecule has 7 nitrogen and oxygen atoms in total. The van der Waals surface area contributed by atoms with Crippen molar-refractivity contribution in [3.63, 3.8) is 0 Å². The third-order valence-corrected chi connectivity index (χ3v) is 4.07. The van der Waals surface area contributed by atoms with E-state index in [0.717, 1.165) is 0 Å². The van der Waals surface area contributed by atoms with E-state index in [1.54, 1.807) is 24.3 Å². The van der Waals surface area contributed by atoms with Crippen LogP contribution in [0.5, 0.6) is 5.75 Å². The second kappa shape index (κ2) is 7.02. The van der Waals surface area contributed by atoms with Crippen molar-refractivity contribution in [3.8, 4) is 5.75 Å². The van der Waals surface area contributed by atoms with Crippen LogP contribution in [-0.2, 0) is 0 Å². The number of aliphatic hydroxyl groups excluding tert-OH is 1. The molecule has 1 saturated heterocycles. The van der Waals surface area contributed by atoms with Crippen molar-refractivity contribution >= 4 is 17.5 Å². The van der Waals surface area contributed by atoms with Crippen LogP contribution in [0, 0.1) is 0 Å². The Morgan fingerprint density at radius 2 is 2.12 bits per heavy atom. The number of aromatic nitrogens is 2. The molecule has 1 aliphatic heterocycles. The van der Waals surface area contributed by atoms with Crippen molar-refractivity contribution in [3.05, 3.63) is 57.7 Å². The number of β-amino-alcohol motifs (C(OH)–C–C–N with tert-alkyl or cyclic N) is 1. The van der Waals surface area contributed by atoms with E-state index in [4.69, 9.17) is 16.3 Å². The van der Waals surface area contributed by atoms with Gasteiger partial charge >= 0.3 is 0 Å². The first-order valence-corrected chi connectivity index (χ1v) is 7.85. The number of likely N-dealkylation sites (tertiary alicyclic amines) is 1. The average Bonchev–Trinajstić information content (AvgIpc) is 2.58. The number of nitrogens with zero attached hydrogens (tertiary/aromatic N) is 2. The van der Waals surface area contributed by atoms with Crippen molar-refractivity contribution in [1.29, 1.82) is 0 Å². The predicted molar refractivity (Wildman–Crippen MR) is 87.3 cm³/mol. The van der Waals surface area contributed by atoms with E-state index in [9.17, 15) is 14.7 Å². The van der Waals surface area contributed by atoms with Crippen LogP contribution in [0.4, 0.5) is 0 Å². The first-order chi connectivity index (χ1) is 11.5. The number of ether oxygens (including phenoxy) is 1. The molecule has 1 aromatic carbocycles. The van der Waals surface area contributed by atoms with Crippen LogP contribution in [0.1, 0.15) is 16.9 Å². The molecule has 0 radical (unpaired) electrons. The molecule has 1 amide bonds. The number of H-pyrrole nitrogens is 1. The van der Waals surface area contributed by atoms with Gasteiger partial charge in [-0.1, -0.05) is 11.6 Å². The summed E-state index contributed by atoms with van der Waals surface area (Å²) in [4.78, 5) is 31.6. The lowest BCUT2D eigenvalue weighted by Crippen LogP contribution is -2.51. The SMILES string of the molecule is O=C(c1ncc[nH]c1=O)N1CC[C@@H](Oc2ccc(Cl)cc2)[C@H](O)C1. The maximum atomic E-state index is 12.3. The molecule has 2 atom stereocenters. The van der Waals surface area contributed by atoms with Crippen molar-refractivity contribution in [2.24, 2.45) is 0 Å². The molecular weight excluding hydrogens is 334 g/mol. The molecule has 1 aliphatic rings. The monoisotopic (exact) mass is 349 g/mol. The van der Waals surface area contributed by atoms with Crippen molar-refractivity contribution in [1.82, 2.24) is 14.9 Å². The highest BCUT2D eigenvalue weighted by Crippen LogP contribution is 2.21. The number of carbonyl (C=O) groups excluding carboxylic acids is 1. The first-order valence-electron chi connectivity index (χ1n) is 7.48. The number of nitrogens with one attached hydrogen (secondary N) is 1. The quantitative estimate of drug-likeness (QED) is 0.864. The van der Waals surface area contributed by atoms with E-state index in [0.29, 0.717) is 23.7 Å². The van der Waals surface area contributed by atoms with Gasteiger partial charge < -0.3 is 19.7 Å². The number of hydrogen-bond acceptors (Lipinski definition) is 5. The fourth-order valence-corrected chi connectivity index (χ4v) is 2.70. The molecule has 3 rings (SSSR count). The first kappa shape index (κ1) is 16.5. The molecule has 24 heavy (non-hydrogen) atoms. The van der Waals surface area contributed by atoms with Crippen LogP contribution in [0.3, 0.4) is 0 Å². The van der Waals surface area contributed by atoms with Crippen molar-refractivity contribution < 1.29 is 14.6 Å². The minimum atomic E-state index is -0.860. The molecule has 1 aromatic heterocycles. The maximum absolute atomic E-state index is 12.3. The Bertz CT molecular complexity index is 777. The third kappa shape index (κ3) is 3.58. The molecule has 0 aliphatic carbocycles. The molecule has 2 aromatic rings. The summed E-state index contributed by atoms with van der Waals surface area (Å²) >= 11 is 5.82. The maximum Gasteiger partial charge on any atom is 0.279 e. The highest BCUT2D eigenvalue weighted by molar-refractivity contribution is 6.30. The smallest absolute Gasteiger partial charge is 0.279 e. The Labute approximate surface area is 142 Å². The molecule has 2 N–H and O–H groups in total. The van der Waals surface area contributed by atoms with E-state index in [1.165, 1.54) is 17.3 Å². The molecule has 126 valence electrons. The fraction of sp³-hybridized carbons (Fsp3) is 0.312. The average molecular weight is 350 g/mol. The molecule has 8 heteroatoms. The normalized spacial score (nSPS) is 20.7. The number of halogens is 1. The number of carbonyl (C=O) groups is 1. The Kier molecular flexibility index (Phi) is 4.82. The number of rotatable bonds is 3. The summed E-state index contributed by atoms with van der Waals surface area (Å²) in [7, 11) is 0. The molecule has 2 heterocycles. The summed E-state index contributed by atoms with van der Waals surface area (Å²) in [5.74, 6) is 0.102. The second-order valence-corrected chi connectivity index (χ2v) is 5.92. The van der Waals surface area contributed by atoms with Gasteiger partial charge in [-0.05, 0) is 24.3 Å². The zero-order valence-corrected chi connectivity index (χ0v) is 13.4. The summed E-state index contributed by atoms with van der Waals surface area (Å²) in [5, 5.41) is 10.9. The van der Waals surface area contributed by atoms with Crippen LogP contribution >= 0.6 is 11.6 Å². The summed E-state index contributed by atoms with van der Waals surface area (Å²) in [6, 6.07) is 6.85. The standard InChI is InChI=1S/C16H16ClN3O4/c17-10-1-3-11(4-2-10)24-13-5-8-20(9-12(13)21)16(23)14-15(22)19-7-6-18-14/h1-4,6-7,12-13,21H,5,8-9H2,(H,19,22)/t12-,13-/m1/s1. The molecule has 0 bridgehead atoms. The lowest BCUT2D eigenvalue weighted by molar-refractivity contribution is -0.0201. The van der Waals surface area contributed by atoms with E-state index in [2.05, 4.69) is 9.97 Å². The fourth-order valence-electron chi connectivity index (χ4n) is 2.57. The Morgan fingerprint density at radius 1 is 1.38 bits per heavy atom. The van der Waals surface area contributed by atoms with Gasteiger partial charge in [0.25, 0.3) is 11.5 Å². The molecular formula is C16H16ClN3O4. The van der Waals surface area contributed by atoms with Gasteiger partial charge in [0.15, 0.2) is 5.69 Å². The van der Waals surface area contributed by atoms with E-state index < -0.39 is 23.7 Å². The van der Waals surface area contributed by atoms with Gasteiger partial charge in [-0.25, -0.2) is 4.98 Å². The zero-order chi connectivity index (χ0) is 17.1. The van der Waals surface area contributed by atoms with Crippen LogP contribution in [0.25, 0.3) is 0 Å². The molecule has 0 spiro atoms. The lowest BCUT2D eigenvalue weighted by atomic mass is 10.0. The minimum Gasteiger partial charge on any atom is -0.488 e. The van der Waals surface area contributed by atoms with Gasteiger partial charge in [0.2, 0.25) is 0 Å². The van der Waals surface area contributed by atoms with Crippen LogP contribution in [0.15, 0.2) is 41.5 Å². The van der Waals surface area contributed by atoms with Crippen LogP contribution < -0.4 is 10.3 Å². The number of aromatic amines is 1. The number of benzene rings is 1. The van der Waals surface area contributed by atoms with Crippen molar-refractivity contribution in [2.75, 3.05) is 13.1 Å². The second-order valence-electron chi connectivity index (χ2n) is 5.48. The summed E-state index contributed by atoms with van der Waals surface area (Å²) < 4.78 is 5.75. The Morgan fingerprint density at radius 3 is 2.79 bits per heavy atom.